The predicted molar refractivity (Wildman–Crippen MR) is 130 cm³/mol. The summed E-state index contributed by atoms with van der Waals surface area (Å²) in [5.74, 6) is 0.0302. The topological polar surface area (TPSA) is 32.3 Å². The van der Waals surface area contributed by atoms with E-state index in [1.807, 2.05) is 54.6 Å². The maximum absolute atomic E-state index is 13.1. The van der Waals surface area contributed by atoms with Gasteiger partial charge in [-0.25, -0.2) is 0 Å². The number of anilines is 1. The highest BCUT2D eigenvalue weighted by atomic mass is 35.5. The first kappa shape index (κ1) is 22.2. The fourth-order valence-corrected chi connectivity index (χ4v) is 5.20. The molecule has 0 aromatic heterocycles. The number of hydrogen-bond donors (Lipinski definition) is 1. The lowest BCUT2D eigenvalue weighted by Gasteiger charge is -2.32. The summed E-state index contributed by atoms with van der Waals surface area (Å²) >= 11 is 14.0. The van der Waals surface area contributed by atoms with Crippen LogP contribution < -0.4 is 5.32 Å². The van der Waals surface area contributed by atoms with Crippen LogP contribution in [0.25, 0.3) is 0 Å². The van der Waals surface area contributed by atoms with Gasteiger partial charge >= 0.3 is 0 Å². The maximum atomic E-state index is 13.1. The van der Waals surface area contributed by atoms with Gasteiger partial charge in [0, 0.05) is 32.9 Å². The normalized spacial score (nSPS) is 16.8. The molecular formula is C25H24Cl2N2OS. The van der Waals surface area contributed by atoms with E-state index in [-0.39, 0.29) is 11.8 Å². The Morgan fingerprint density at radius 3 is 2.61 bits per heavy atom. The summed E-state index contributed by atoms with van der Waals surface area (Å²) in [6.07, 6.45) is 1.88. The Bertz CT molecular complexity index is 1040. The number of nitrogens with one attached hydrogen (secondary N) is 1. The Morgan fingerprint density at radius 2 is 1.81 bits per heavy atom. The van der Waals surface area contributed by atoms with E-state index in [1.54, 1.807) is 17.8 Å². The van der Waals surface area contributed by atoms with E-state index in [1.165, 1.54) is 0 Å². The Labute approximate surface area is 197 Å². The Balaban J connectivity index is 1.41. The number of benzene rings is 3. The van der Waals surface area contributed by atoms with Gasteiger partial charge in [0.05, 0.1) is 11.6 Å². The van der Waals surface area contributed by atoms with Crippen LogP contribution in [0.1, 0.15) is 18.4 Å². The molecule has 0 unspecified atom stereocenters. The zero-order chi connectivity index (χ0) is 21.6. The van der Waals surface area contributed by atoms with Crippen LogP contribution in [0.3, 0.4) is 0 Å². The van der Waals surface area contributed by atoms with Gasteiger partial charge in [0.15, 0.2) is 0 Å². The monoisotopic (exact) mass is 470 g/mol. The molecule has 1 saturated heterocycles. The van der Waals surface area contributed by atoms with Gasteiger partial charge in [-0.2, -0.15) is 0 Å². The summed E-state index contributed by atoms with van der Waals surface area (Å²) in [6.45, 7) is 2.40. The molecule has 1 fully saturated rings. The van der Waals surface area contributed by atoms with Gasteiger partial charge < -0.3 is 5.32 Å². The van der Waals surface area contributed by atoms with E-state index >= 15 is 0 Å². The van der Waals surface area contributed by atoms with Crippen molar-refractivity contribution in [3.05, 3.63) is 88.4 Å². The van der Waals surface area contributed by atoms with Crippen molar-refractivity contribution in [2.24, 2.45) is 5.92 Å². The van der Waals surface area contributed by atoms with Gasteiger partial charge in [-0.3, -0.25) is 9.69 Å². The number of rotatable bonds is 6. The van der Waals surface area contributed by atoms with E-state index < -0.39 is 0 Å². The highest BCUT2D eigenvalue weighted by Gasteiger charge is 2.26. The van der Waals surface area contributed by atoms with Crippen molar-refractivity contribution in [3.63, 3.8) is 0 Å². The molecule has 6 heteroatoms. The first-order valence-corrected chi connectivity index (χ1v) is 11.9. The predicted octanol–water partition coefficient (Wildman–Crippen LogP) is 7.00. The lowest BCUT2D eigenvalue weighted by molar-refractivity contribution is -0.121. The number of piperidine rings is 1. The Kier molecular flexibility index (Phi) is 7.57. The minimum absolute atomic E-state index is 0.0467. The average Bonchev–Trinajstić information content (AvgIpc) is 2.78. The second kappa shape index (κ2) is 10.6. The average molecular weight is 471 g/mol. The molecule has 4 rings (SSSR count). The molecule has 1 aliphatic heterocycles. The first-order chi connectivity index (χ1) is 15.1. The van der Waals surface area contributed by atoms with E-state index in [4.69, 9.17) is 23.2 Å². The fourth-order valence-electron chi connectivity index (χ4n) is 3.81. The molecule has 1 amide bonds. The summed E-state index contributed by atoms with van der Waals surface area (Å²) in [5, 5.41) is 4.48. The molecule has 0 spiro atoms. The smallest absolute Gasteiger partial charge is 0.228 e. The summed E-state index contributed by atoms with van der Waals surface area (Å²) in [5.41, 5.74) is 1.90. The number of carbonyl (C=O) groups is 1. The molecule has 0 bridgehead atoms. The number of likely N-dealkylation sites (tertiary alicyclic amines) is 1. The van der Waals surface area contributed by atoms with Crippen molar-refractivity contribution < 1.29 is 4.79 Å². The van der Waals surface area contributed by atoms with E-state index in [0.29, 0.717) is 10.0 Å². The molecule has 1 heterocycles. The van der Waals surface area contributed by atoms with Gasteiger partial charge in [-0.15, -0.1) is 0 Å². The summed E-state index contributed by atoms with van der Waals surface area (Å²) in [4.78, 5) is 17.6. The fraction of sp³-hybridized carbons (Fsp3) is 0.240. The van der Waals surface area contributed by atoms with Crippen molar-refractivity contribution in [1.82, 2.24) is 4.90 Å². The third-order valence-corrected chi connectivity index (χ3v) is 7.07. The number of carbonyl (C=O) groups excluding carboxylic acids is 1. The SMILES string of the molecule is O=C(Nc1ccccc1Sc1ccccc1)[C@H]1CCCN(Cc2ccc(Cl)cc2Cl)C1. The van der Waals surface area contributed by atoms with Crippen LogP contribution in [0.4, 0.5) is 5.69 Å². The Morgan fingerprint density at radius 1 is 1.03 bits per heavy atom. The number of nitrogens with zero attached hydrogens (tertiary/aromatic N) is 1. The highest BCUT2D eigenvalue weighted by Crippen LogP contribution is 2.34. The molecule has 1 atom stereocenters. The van der Waals surface area contributed by atoms with Gasteiger partial charge in [-0.05, 0) is 61.3 Å². The molecule has 3 aromatic rings. The quantitative estimate of drug-likeness (QED) is 0.420. The number of amides is 1. The van der Waals surface area contributed by atoms with Gasteiger partial charge in [-0.1, -0.05) is 71.4 Å². The second-order valence-electron chi connectivity index (χ2n) is 7.71. The van der Waals surface area contributed by atoms with E-state index in [0.717, 1.165) is 53.5 Å². The molecule has 31 heavy (non-hydrogen) atoms. The number of halogens is 2. The van der Waals surface area contributed by atoms with Crippen LogP contribution in [0, 0.1) is 5.92 Å². The summed E-state index contributed by atoms with van der Waals surface area (Å²) < 4.78 is 0. The molecule has 0 saturated carbocycles. The van der Waals surface area contributed by atoms with Crippen LogP contribution >= 0.6 is 35.0 Å². The molecule has 0 aliphatic carbocycles. The van der Waals surface area contributed by atoms with Crippen LogP contribution in [-0.4, -0.2) is 23.9 Å². The van der Waals surface area contributed by atoms with Gasteiger partial charge in [0.1, 0.15) is 0 Å². The van der Waals surface area contributed by atoms with Crippen molar-refractivity contribution >= 4 is 46.6 Å². The lowest BCUT2D eigenvalue weighted by atomic mass is 9.96. The van der Waals surface area contributed by atoms with Crippen LogP contribution in [0.15, 0.2) is 82.6 Å². The van der Waals surface area contributed by atoms with Gasteiger partial charge in [0.2, 0.25) is 5.91 Å². The van der Waals surface area contributed by atoms with Crippen molar-refractivity contribution in [1.29, 1.82) is 0 Å². The summed E-state index contributed by atoms with van der Waals surface area (Å²) in [7, 11) is 0. The zero-order valence-electron chi connectivity index (χ0n) is 17.1. The largest absolute Gasteiger partial charge is 0.325 e. The molecule has 160 valence electrons. The zero-order valence-corrected chi connectivity index (χ0v) is 19.4. The minimum atomic E-state index is -0.0467. The second-order valence-corrected chi connectivity index (χ2v) is 9.67. The highest BCUT2D eigenvalue weighted by molar-refractivity contribution is 7.99. The lowest BCUT2D eigenvalue weighted by Crippen LogP contribution is -2.40. The van der Waals surface area contributed by atoms with Crippen LogP contribution in [0.2, 0.25) is 10.0 Å². The molecule has 3 aromatic carbocycles. The van der Waals surface area contributed by atoms with Crippen molar-refractivity contribution in [2.45, 2.75) is 29.2 Å². The third kappa shape index (κ3) is 6.05. The molecule has 1 N–H and O–H groups in total. The van der Waals surface area contributed by atoms with Crippen LogP contribution in [-0.2, 0) is 11.3 Å². The number of para-hydroxylation sites is 1. The summed E-state index contributed by atoms with van der Waals surface area (Å²) in [6, 6.07) is 23.8. The van der Waals surface area contributed by atoms with Crippen molar-refractivity contribution in [3.8, 4) is 0 Å². The molecular weight excluding hydrogens is 447 g/mol. The molecule has 3 nitrogen and oxygen atoms in total. The number of hydrogen-bond acceptors (Lipinski definition) is 3. The van der Waals surface area contributed by atoms with E-state index in [9.17, 15) is 4.79 Å². The van der Waals surface area contributed by atoms with E-state index in [2.05, 4.69) is 22.3 Å². The minimum Gasteiger partial charge on any atom is -0.325 e. The van der Waals surface area contributed by atoms with Gasteiger partial charge in [0.25, 0.3) is 0 Å². The third-order valence-electron chi connectivity index (χ3n) is 5.40. The first-order valence-electron chi connectivity index (χ1n) is 10.4. The van der Waals surface area contributed by atoms with Crippen LogP contribution in [0.5, 0.6) is 0 Å². The van der Waals surface area contributed by atoms with Crippen molar-refractivity contribution in [2.75, 3.05) is 18.4 Å². The molecule has 1 aliphatic rings. The standard InChI is InChI=1S/C25H24Cl2N2OS/c26-20-13-12-18(22(27)15-20)16-29-14-6-7-19(17-29)25(30)28-23-10-4-5-11-24(23)31-21-8-2-1-3-9-21/h1-5,8-13,15,19H,6-7,14,16-17H2,(H,28,30)/t19-/m0/s1. The maximum Gasteiger partial charge on any atom is 0.228 e. The molecule has 0 radical (unpaired) electrons. The Hall–Kier alpha value is -1.98.